The molecular weight excluding hydrogens is 300 g/mol. The Kier molecular flexibility index (Phi) is 6.97. The third-order valence-electron chi connectivity index (χ3n) is 5.58. The zero-order valence-corrected chi connectivity index (χ0v) is 14.4. The predicted molar refractivity (Wildman–Crippen MR) is 90.2 cm³/mol. The maximum atomic E-state index is 12.3. The average Bonchev–Trinajstić information content (AvgIpc) is 3.23. The molecule has 1 amide bonds. The van der Waals surface area contributed by atoms with Gasteiger partial charge in [-0.2, -0.15) is 0 Å². The number of rotatable bonds is 6. The Bertz CT molecular complexity index is 349. The van der Waals surface area contributed by atoms with E-state index in [0.717, 1.165) is 51.5 Å². The number of halogens is 1. The van der Waals surface area contributed by atoms with E-state index in [1.807, 2.05) is 4.90 Å². The number of aliphatic hydroxyl groups excluding tert-OH is 1. The normalized spacial score (nSPS) is 25.0. The van der Waals surface area contributed by atoms with E-state index in [9.17, 15) is 9.90 Å². The van der Waals surface area contributed by atoms with Gasteiger partial charge in [-0.1, -0.05) is 25.7 Å². The second-order valence-corrected chi connectivity index (χ2v) is 7.28. The average molecular weight is 331 g/mol. The van der Waals surface area contributed by atoms with Gasteiger partial charge in [0.25, 0.3) is 0 Å². The van der Waals surface area contributed by atoms with E-state index >= 15 is 0 Å². The van der Waals surface area contributed by atoms with Crippen LogP contribution in [0.4, 0.5) is 0 Å². The lowest BCUT2D eigenvalue weighted by molar-refractivity contribution is -0.133. The molecule has 3 rings (SSSR count). The van der Waals surface area contributed by atoms with Gasteiger partial charge in [0.15, 0.2) is 0 Å². The van der Waals surface area contributed by atoms with E-state index in [0.29, 0.717) is 11.8 Å². The topological polar surface area (TPSA) is 43.8 Å². The molecule has 0 radical (unpaired) electrons. The van der Waals surface area contributed by atoms with E-state index in [-0.39, 0.29) is 18.5 Å². The SMILES string of the molecule is Cl.O=C(CCC1CCCC1)N1CCN(CC(O)C2CC2)CC1. The number of piperazine rings is 1. The number of aliphatic hydroxyl groups is 1. The van der Waals surface area contributed by atoms with Crippen LogP contribution in [-0.4, -0.2) is 59.6 Å². The lowest BCUT2D eigenvalue weighted by Gasteiger charge is -2.35. The molecule has 1 unspecified atom stereocenters. The minimum absolute atomic E-state index is 0. The zero-order chi connectivity index (χ0) is 14.7. The van der Waals surface area contributed by atoms with E-state index in [1.165, 1.54) is 38.5 Å². The summed E-state index contributed by atoms with van der Waals surface area (Å²) in [4.78, 5) is 16.6. The van der Waals surface area contributed by atoms with E-state index in [4.69, 9.17) is 0 Å². The van der Waals surface area contributed by atoms with Gasteiger partial charge < -0.3 is 10.0 Å². The van der Waals surface area contributed by atoms with Crippen molar-refractivity contribution < 1.29 is 9.90 Å². The van der Waals surface area contributed by atoms with Gasteiger partial charge in [-0.15, -0.1) is 12.4 Å². The molecule has 0 aromatic rings. The van der Waals surface area contributed by atoms with E-state index < -0.39 is 0 Å². The number of amides is 1. The fourth-order valence-corrected chi connectivity index (χ4v) is 3.86. The van der Waals surface area contributed by atoms with Crippen molar-refractivity contribution in [2.24, 2.45) is 11.8 Å². The summed E-state index contributed by atoms with van der Waals surface area (Å²) in [6.45, 7) is 4.36. The summed E-state index contributed by atoms with van der Waals surface area (Å²) in [6, 6.07) is 0. The molecule has 0 aromatic heterocycles. The van der Waals surface area contributed by atoms with Crippen LogP contribution in [0, 0.1) is 11.8 Å². The van der Waals surface area contributed by atoms with Crippen LogP contribution in [-0.2, 0) is 4.79 Å². The Hall–Kier alpha value is -0.320. The molecule has 2 aliphatic carbocycles. The van der Waals surface area contributed by atoms with Crippen molar-refractivity contribution in [3.8, 4) is 0 Å². The summed E-state index contributed by atoms with van der Waals surface area (Å²) in [6.07, 6.45) is 9.48. The molecule has 0 spiro atoms. The smallest absolute Gasteiger partial charge is 0.222 e. The number of hydrogen-bond donors (Lipinski definition) is 1. The third-order valence-corrected chi connectivity index (χ3v) is 5.58. The van der Waals surface area contributed by atoms with Gasteiger partial charge in [0.1, 0.15) is 0 Å². The molecular formula is C17H31ClN2O2. The summed E-state index contributed by atoms with van der Waals surface area (Å²) in [5.41, 5.74) is 0. The van der Waals surface area contributed by atoms with Crippen molar-refractivity contribution in [3.05, 3.63) is 0 Å². The first-order valence-corrected chi connectivity index (χ1v) is 8.90. The quantitative estimate of drug-likeness (QED) is 0.812. The Morgan fingerprint density at radius 2 is 1.68 bits per heavy atom. The monoisotopic (exact) mass is 330 g/mol. The molecule has 0 bridgehead atoms. The number of carbonyl (C=O) groups is 1. The van der Waals surface area contributed by atoms with Gasteiger partial charge in [-0.05, 0) is 31.1 Å². The fourth-order valence-electron chi connectivity index (χ4n) is 3.86. The molecule has 3 fully saturated rings. The largest absolute Gasteiger partial charge is 0.392 e. The van der Waals surface area contributed by atoms with Crippen molar-refractivity contribution in [1.82, 2.24) is 9.80 Å². The van der Waals surface area contributed by atoms with Crippen molar-refractivity contribution in [1.29, 1.82) is 0 Å². The van der Waals surface area contributed by atoms with Gasteiger partial charge in [-0.3, -0.25) is 9.69 Å². The highest BCUT2D eigenvalue weighted by molar-refractivity contribution is 5.85. The standard InChI is InChI=1S/C17H30N2O2.ClH/c20-16(15-6-7-15)13-18-9-11-19(12-10-18)17(21)8-5-14-3-1-2-4-14;/h14-16,20H,1-13H2;1H. The molecule has 1 saturated heterocycles. The molecule has 1 N–H and O–H groups in total. The highest BCUT2D eigenvalue weighted by Gasteiger charge is 2.32. The van der Waals surface area contributed by atoms with Crippen molar-refractivity contribution in [2.45, 2.75) is 57.5 Å². The summed E-state index contributed by atoms with van der Waals surface area (Å²) in [5, 5.41) is 10.00. The Morgan fingerprint density at radius 1 is 1.05 bits per heavy atom. The van der Waals surface area contributed by atoms with Crippen LogP contribution in [0.25, 0.3) is 0 Å². The first kappa shape index (κ1) is 18.0. The van der Waals surface area contributed by atoms with Gasteiger partial charge in [0, 0.05) is 39.1 Å². The molecule has 1 atom stereocenters. The van der Waals surface area contributed by atoms with E-state index in [1.54, 1.807) is 0 Å². The first-order valence-electron chi connectivity index (χ1n) is 8.90. The van der Waals surface area contributed by atoms with Crippen LogP contribution in [0.15, 0.2) is 0 Å². The lowest BCUT2D eigenvalue weighted by atomic mass is 10.0. The van der Waals surface area contributed by atoms with Crippen molar-refractivity contribution in [3.63, 3.8) is 0 Å². The summed E-state index contributed by atoms with van der Waals surface area (Å²) in [5.74, 6) is 1.71. The van der Waals surface area contributed by atoms with Gasteiger partial charge >= 0.3 is 0 Å². The summed E-state index contributed by atoms with van der Waals surface area (Å²) >= 11 is 0. The van der Waals surface area contributed by atoms with Crippen molar-refractivity contribution >= 4 is 18.3 Å². The zero-order valence-electron chi connectivity index (χ0n) is 13.6. The number of carbonyl (C=O) groups excluding carboxylic acids is 1. The van der Waals surface area contributed by atoms with Crippen LogP contribution in [0.3, 0.4) is 0 Å². The van der Waals surface area contributed by atoms with Crippen LogP contribution < -0.4 is 0 Å². The Balaban J connectivity index is 0.00000176. The molecule has 3 aliphatic rings. The molecule has 128 valence electrons. The fraction of sp³-hybridized carbons (Fsp3) is 0.941. The highest BCUT2D eigenvalue weighted by Crippen LogP contribution is 2.33. The Labute approximate surface area is 140 Å². The number of nitrogens with zero attached hydrogens (tertiary/aromatic N) is 2. The first-order chi connectivity index (χ1) is 10.2. The van der Waals surface area contributed by atoms with Crippen LogP contribution in [0.5, 0.6) is 0 Å². The minimum atomic E-state index is -0.144. The highest BCUT2D eigenvalue weighted by atomic mass is 35.5. The molecule has 5 heteroatoms. The minimum Gasteiger partial charge on any atom is -0.392 e. The predicted octanol–water partition coefficient (Wildman–Crippen LogP) is 2.29. The van der Waals surface area contributed by atoms with Crippen LogP contribution in [0.1, 0.15) is 51.4 Å². The van der Waals surface area contributed by atoms with Crippen LogP contribution >= 0.6 is 12.4 Å². The van der Waals surface area contributed by atoms with Crippen molar-refractivity contribution in [2.75, 3.05) is 32.7 Å². The lowest BCUT2D eigenvalue weighted by Crippen LogP contribution is -2.50. The molecule has 22 heavy (non-hydrogen) atoms. The maximum absolute atomic E-state index is 12.3. The molecule has 2 saturated carbocycles. The third kappa shape index (κ3) is 5.10. The molecule has 1 aliphatic heterocycles. The maximum Gasteiger partial charge on any atom is 0.222 e. The number of β-amino-alcohol motifs (C(OH)–C–C–N with tert-alkyl or cyclic N) is 1. The Morgan fingerprint density at radius 3 is 2.27 bits per heavy atom. The molecule has 0 aromatic carbocycles. The van der Waals surface area contributed by atoms with E-state index in [2.05, 4.69) is 4.90 Å². The van der Waals surface area contributed by atoms with Gasteiger partial charge in [0.2, 0.25) is 5.91 Å². The molecule has 1 heterocycles. The summed E-state index contributed by atoms with van der Waals surface area (Å²) < 4.78 is 0. The second-order valence-electron chi connectivity index (χ2n) is 7.28. The summed E-state index contributed by atoms with van der Waals surface area (Å²) in [7, 11) is 0. The number of hydrogen-bond acceptors (Lipinski definition) is 3. The van der Waals surface area contributed by atoms with Crippen LogP contribution in [0.2, 0.25) is 0 Å². The second kappa shape index (κ2) is 8.51. The van der Waals surface area contributed by atoms with Gasteiger partial charge in [0.05, 0.1) is 6.10 Å². The van der Waals surface area contributed by atoms with Gasteiger partial charge in [-0.25, -0.2) is 0 Å². The molecule has 4 nitrogen and oxygen atoms in total.